The average molecular weight is 440 g/mol. The molecule has 2 aromatic carbocycles. The smallest absolute Gasteiger partial charge is 0.354 e. The Kier molecular flexibility index (Phi) is 6.34. The van der Waals surface area contributed by atoms with Crippen LogP contribution < -0.4 is 4.74 Å². The number of hydrogen-bond donors (Lipinski definition) is 1. The molecule has 0 saturated carbocycles. The number of piperidine rings is 1. The maximum Gasteiger partial charge on any atom is 0.354 e. The van der Waals surface area contributed by atoms with Crippen molar-refractivity contribution in [3.05, 3.63) is 66.4 Å². The van der Waals surface area contributed by atoms with Gasteiger partial charge in [-0.05, 0) is 73.5 Å². The molecule has 0 aliphatic carbocycles. The molecule has 1 atom stereocenters. The van der Waals surface area contributed by atoms with Gasteiger partial charge in [-0.3, -0.25) is 14.4 Å². The van der Waals surface area contributed by atoms with Gasteiger partial charge in [-0.15, -0.1) is 0 Å². The summed E-state index contributed by atoms with van der Waals surface area (Å²) in [6.07, 6.45) is 1.63. The number of aromatic nitrogens is 2. The highest BCUT2D eigenvalue weighted by Gasteiger charge is 2.27. The Balaban J connectivity index is 1.55. The Morgan fingerprint density at radius 3 is 2.48 bits per heavy atom. The summed E-state index contributed by atoms with van der Waals surface area (Å²) in [5, 5.41) is 13.9. The van der Waals surface area contributed by atoms with Crippen molar-refractivity contribution in [3.8, 4) is 22.8 Å². The molecule has 1 fully saturated rings. The molecule has 1 unspecified atom stereocenters. The molecule has 0 bridgehead atoms. The molecule has 31 heavy (non-hydrogen) atoms. The number of nitrogens with zero attached hydrogens (tertiary/aromatic N) is 3. The minimum absolute atomic E-state index is 0.128. The van der Waals surface area contributed by atoms with E-state index in [-0.39, 0.29) is 18.3 Å². The van der Waals surface area contributed by atoms with Crippen LogP contribution in [-0.4, -0.2) is 50.6 Å². The van der Waals surface area contributed by atoms with Crippen molar-refractivity contribution in [2.75, 3.05) is 19.6 Å². The summed E-state index contributed by atoms with van der Waals surface area (Å²) in [5.74, 6) is 0.389. The van der Waals surface area contributed by atoms with Crippen molar-refractivity contribution in [2.24, 2.45) is 0 Å². The molecule has 0 amide bonds. The third-order valence-corrected chi connectivity index (χ3v) is 5.38. The molecule has 1 aromatic heterocycles. The van der Waals surface area contributed by atoms with E-state index in [2.05, 4.69) is 5.10 Å². The summed E-state index contributed by atoms with van der Waals surface area (Å²) in [4.78, 5) is 25.1. The minimum atomic E-state index is -1.03. The average Bonchev–Trinajstić information content (AvgIpc) is 3.21. The molecular weight excluding hydrogens is 418 g/mol. The molecule has 0 spiro atoms. The van der Waals surface area contributed by atoms with E-state index in [1.807, 2.05) is 59.5 Å². The van der Waals surface area contributed by atoms with Gasteiger partial charge in [0, 0.05) is 12.1 Å². The van der Waals surface area contributed by atoms with Gasteiger partial charge in [-0.1, -0.05) is 18.2 Å². The summed E-state index contributed by atoms with van der Waals surface area (Å²) in [6.45, 7) is 1.44. The Morgan fingerprint density at radius 2 is 1.81 bits per heavy atom. The molecule has 3 aromatic rings. The number of rotatable bonds is 7. The quantitative estimate of drug-likeness (QED) is 0.548. The van der Waals surface area contributed by atoms with E-state index in [1.54, 1.807) is 10.7 Å². The maximum absolute atomic E-state index is 11.9. The van der Waals surface area contributed by atoms with Gasteiger partial charge in [-0.25, -0.2) is 4.79 Å². The molecule has 4 rings (SSSR count). The van der Waals surface area contributed by atoms with Gasteiger partial charge in [-0.2, -0.15) is 5.10 Å². The summed E-state index contributed by atoms with van der Waals surface area (Å²) in [5.41, 5.74) is 1.50. The first-order valence-corrected chi connectivity index (χ1v) is 10.4. The molecule has 7 nitrogen and oxygen atoms in total. The first-order valence-electron chi connectivity index (χ1n) is 10.1. The van der Waals surface area contributed by atoms with Gasteiger partial charge in [0.15, 0.2) is 0 Å². The second kappa shape index (κ2) is 9.32. The van der Waals surface area contributed by atoms with Crippen LogP contribution in [0.15, 0.2) is 60.7 Å². The summed E-state index contributed by atoms with van der Waals surface area (Å²) in [7, 11) is 0. The number of benzene rings is 2. The lowest BCUT2D eigenvalue weighted by molar-refractivity contribution is -0.113. The van der Waals surface area contributed by atoms with Crippen molar-refractivity contribution in [1.82, 2.24) is 14.7 Å². The molecule has 2 heterocycles. The molecule has 8 heteroatoms. The molecule has 1 aliphatic rings. The Morgan fingerprint density at radius 1 is 1.10 bits per heavy atom. The van der Waals surface area contributed by atoms with Gasteiger partial charge in [0.05, 0.1) is 18.3 Å². The highest BCUT2D eigenvalue weighted by atomic mass is 35.5. The Labute approximate surface area is 184 Å². The van der Waals surface area contributed by atoms with Crippen molar-refractivity contribution in [3.63, 3.8) is 0 Å². The van der Waals surface area contributed by atoms with Gasteiger partial charge < -0.3 is 9.84 Å². The predicted molar refractivity (Wildman–Crippen MR) is 117 cm³/mol. The van der Waals surface area contributed by atoms with E-state index in [1.165, 1.54) is 0 Å². The lowest BCUT2D eigenvalue weighted by Gasteiger charge is -2.32. The van der Waals surface area contributed by atoms with Crippen LogP contribution in [0.5, 0.6) is 11.5 Å². The summed E-state index contributed by atoms with van der Waals surface area (Å²) >= 11 is 5.53. The lowest BCUT2D eigenvalue weighted by Crippen LogP contribution is -2.39. The number of halogens is 1. The van der Waals surface area contributed by atoms with Crippen molar-refractivity contribution in [1.29, 1.82) is 0 Å². The second-order valence-corrected chi connectivity index (χ2v) is 7.91. The van der Waals surface area contributed by atoms with Crippen LogP contribution in [0.25, 0.3) is 11.3 Å². The fourth-order valence-electron chi connectivity index (χ4n) is 3.84. The molecule has 160 valence electrons. The zero-order valence-corrected chi connectivity index (χ0v) is 17.5. The number of carbonyl (C=O) groups excluding carboxylic acids is 1. The van der Waals surface area contributed by atoms with Gasteiger partial charge >= 0.3 is 5.97 Å². The van der Waals surface area contributed by atoms with E-state index >= 15 is 0 Å². The second-order valence-electron chi connectivity index (χ2n) is 7.49. The lowest BCUT2D eigenvalue weighted by atomic mass is 10.1. The SMILES string of the molecule is O=C(Cl)CN1CCCC(n2nc(-c3ccc(Oc4ccccc4)cc3)cc2C(=O)O)C1. The Bertz CT molecular complexity index is 1070. The molecule has 0 radical (unpaired) electrons. The fourth-order valence-corrected chi connectivity index (χ4v) is 4.01. The van der Waals surface area contributed by atoms with Crippen LogP contribution in [0.4, 0.5) is 0 Å². The number of ether oxygens (including phenoxy) is 1. The molecular formula is C23H22ClN3O4. The number of carboxylic acid groups (broad SMARTS) is 1. The van der Waals surface area contributed by atoms with E-state index in [4.69, 9.17) is 16.3 Å². The largest absolute Gasteiger partial charge is 0.477 e. The normalized spacial score (nSPS) is 16.7. The van der Waals surface area contributed by atoms with Crippen LogP contribution in [0.2, 0.25) is 0 Å². The van der Waals surface area contributed by atoms with E-state index < -0.39 is 11.2 Å². The van der Waals surface area contributed by atoms with Crippen LogP contribution in [-0.2, 0) is 4.79 Å². The van der Waals surface area contributed by atoms with E-state index in [9.17, 15) is 14.7 Å². The number of likely N-dealkylation sites (tertiary alicyclic amines) is 1. The van der Waals surface area contributed by atoms with Crippen molar-refractivity contribution >= 4 is 22.8 Å². The van der Waals surface area contributed by atoms with Crippen LogP contribution >= 0.6 is 11.6 Å². The number of para-hydroxylation sites is 1. The third-order valence-electron chi connectivity index (χ3n) is 5.26. The molecule has 1 saturated heterocycles. The van der Waals surface area contributed by atoms with Crippen molar-refractivity contribution in [2.45, 2.75) is 18.9 Å². The topological polar surface area (TPSA) is 84.7 Å². The first-order chi connectivity index (χ1) is 15.0. The van der Waals surface area contributed by atoms with Crippen LogP contribution in [0, 0.1) is 0 Å². The zero-order valence-electron chi connectivity index (χ0n) is 16.8. The van der Waals surface area contributed by atoms with Crippen LogP contribution in [0.3, 0.4) is 0 Å². The number of carboxylic acids is 1. The summed E-state index contributed by atoms with van der Waals surface area (Å²) < 4.78 is 7.38. The van der Waals surface area contributed by atoms with Gasteiger partial charge in [0.1, 0.15) is 17.2 Å². The van der Waals surface area contributed by atoms with E-state index in [0.29, 0.717) is 18.0 Å². The predicted octanol–water partition coefficient (Wildman–Crippen LogP) is 4.44. The molecule has 1 N–H and O–H groups in total. The number of hydrogen-bond acceptors (Lipinski definition) is 5. The molecule has 1 aliphatic heterocycles. The highest BCUT2D eigenvalue weighted by molar-refractivity contribution is 6.64. The Hall–Kier alpha value is -3.16. The number of aromatic carboxylic acids is 1. The fraction of sp³-hybridized carbons (Fsp3) is 0.261. The van der Waals surface area contributed by atoms with Gasteiger partial charge in [0.25, 0.3) is 0 Å². The number of carbonyl (C=O) groups is 2. The van der Waals surface area contributed by atoms with Crippen molar-refractivity contribution < 1.29 is 19.4 Å². The highest BCUT2D eigenvalue weighted by Crippen LogP contribution is 2.29. The summed E-state index contributed by atoms with van der Waals surface area (Å²) in [6, 6.07) is 18.3. The zero-order chi connectivity index (χ0) is 21.8. The minimum Gasteiger partial charge on any atom is -0.477 e. The van der Waals surface area contributed by atoms with Crippen LogP contribution in [0.1, 0.15) is 29.4 Å². The standard InChI is InChI=1S/C23H22ClN3O4/c24-22(28)15-26-12-4-5-17(14-26)27-21(23(29)30)13-20(25-27)16-8-10-19(11-9-16)31-18-6-2-1-3-7-18/h1-3,6-11,13,17H,4-5,12,14-15H2,(H,29,30). The first kappa shape index (κ1) is 21.1. The third kappa shape index (κ3) is 5.13. The monoisotopic (exact) mass is 439 g/mol. The maximum atomic E-state index is 11.9. The van der Waals surface area contributed by atoms with E-state index in [0.717, 1.165) is 30.7 Å². The van der Waals surface area contributed by atoms with Gasteiger partial charge in [0.2, 0.25) is 5.24 Å².